The van der Waals surface area contributed by atoms with Gasteiger partial charge in [0.2, 0.25) is 5.91 Å². The van der Waals surface area contributed by atoms with Gasteiger partial charge in [0, 0.05) is 46.2 Å². The van der Waals surface area contributed by atoms with E-state index in [1.165, 1.54) is 0 Å². The second kappa shape index (κ2) is 6.73. The van der Waals surface area contributed by atoms with Crippen molar-refractivity contribution in [3.05, 3.63) is 23.7 Å². The molecule has 5 nitrogen and oxygen atoms in total. The Kier molecular flexibility index (Phi) is 4.99. The molecular weight excluding hydrogens is 242 g/mol. The summed E-state index contributed by atoms with van der Waals surface area (Å²) in [6.07, 6.45) is 0.580. The van der Waals surface area contributed by atoms with Crippen LogP contribution in [0, 0.1) is 6.92 Å². The van der Waals surface area contributed by atoms with Gasteiger partial charge in [0.15, 0.2) is 0 Å². The van der Waals surface area contributed by atoms with Gasteiger partial charge in [-0.05, 0) is 19.1 Å². The van der Waals surface area contributed by atoms with E-state index in [4.69, 9.17) is 4.42 Å². The number of carbonyl (C=O) groups is 1. The monoisotopic (exact) mass is 265 g/mol. The summed E-state index contributed by atoms with van der Waals surface area (Å²) in [4.78, 5) is 16.1. The number of aryl methyl sites for hydroxylation is 1. The number of carbonyl (C=O) groups excluding carboxylic acids is 1. The fraction of sp³-hybridized carbons (Fsp3) is 0.643. The Morgan fingerprint density at radius 1 is 1.42 bits per heavy atom. The minimum absolute atomic E-state index is 0.174. The molecule has 2 rings (SSSR count). The predicted molar refractivity (Wildman–Crippen MR) is 73.8 cm³/mol. The molecule has 1 aromatic rings. The molecule has 0 saturated carbocycles. The summed E-state index contributed by atoms with van der Waals surface area (Å²) < 4.78 is 5.49. The number of rotatable bonds is 5. The largest absolute Gasteiger partial charge is 0.464 e. The van der Waals surface area contributed by atoms with Gasteiger partial charge < -0.3 is 19.5 Å². The van der Waals surface area contributed by atoms with Crippen LogP contribution in [-0.2, 0) is 11.3 Å². The van der Waals surface area contributed by atoms with Crippen molar-refractivity contribution in [2.45, 2.75) is 19.9 Å². The molecule has 1 aliphatic heterocycles. The highest BCUT2D eigenvalue weighted by molar-refractivity contribution is 5.76. The molecule has 106 valence electrons. The van der Waals surface area contributed by atoms with Crippen LogP contribution < -0.4 is 5.32 Å². The van der Waals surface area contributed by atoms with E-state index in [1.54, 1.807) is 4.90 Å². The number of amides is 1. The minimum atomic E-state index is 0.174. The molecule has 1 N–H and O–H groups in total. The van der Waals surface area contributed by atoms with Crippen LogP contribution in [0.25, 0.3) is 0 Å². The zero-order valence-corrected chi connectivity index (χ0v) is 11.8. The van der Waals surface area contributed by atoms with Crippen LogP contribution in [0.2, 0.25) is 0 Å². The highest BCUT2D eigenvalue weighted by atomic mass is 16.3. The Balaban J connectivity index is 1.72. The average Bonchev–Trinajstić information content (AvgIpc) is 2.82. The van der Waals surface area contributed by atoms with Gasteiger partial charge in [-0.25, -0.2) is 0 Å². The van der Waals surface area contributed by atoms with Gasteiger partial charge >= 0.3 is 0 Å². The van der Waals surface area contributed by atoms with Crippen molar-refractivity contribution in [1.29, 1.82) is 0 Å². The number of hydrogen-bond acceptors (Lipinski definition) is 4. The first-order chi connectivity index (χ1) is 9.15. The van der Waals surface area contributed by atoms with Gasteiger partial charge in [0.25, 0.3) is 0 Å². The molecule has 0 aliphatic carbocycles. The first-order valence-electron chi connectivity index (χ1n) is 6.87. The van der Waals surface area contributed by atoms with Crippen LogP contribution >= 0.6 is 0 Å². The molecule has 0 aromatic carbocycles. The quantitative estimate of drug-likeness (QED) is 0.857. The summed E-state index contributed by atoms with van der Waals surface area (Å²) in [5, 5.41) is 3.31. The number of hydrogen-bond donors (Lipinski definition) is 1. The molecule has 1 saturated heterocycles. The van der Waals surface area contributed by atoms with Crippen LogP contribution in [-0.4, -0.2) is 55.5 Å². The van der Waals surface area contributed by atoms with Crippen molar-refractivity contribution >= 4 is 5.91 Å². The Hall–Kier alpha value is -1.33. The molecule has 0 bridgehead atoms. The molecule has 0 spiro atoms. The van der Waals surface area contributed by atoms with Crippen molar-refractivity contribution in [3.8, 4) is 0 Å². The average molecular weight is 265 g/mol. The fourth-order valence-corrected chi connectivity index (χ4v) is 2.27. The van der Waals surface area contributed by atoms with Crippen molar-refractivity contribution in [2.24, 2.45) is 0 Å². The Labute approximate surface area is 114 Å². The molecule has 0 radical (unpaired) electrons. The fourth-order valence-electron chi connectivity index (χ4n) is 2.27. The normalized spacial score (nSPS) is 16.5. The van der Waals surface area contributed by atoms with Gasteiger partial charge in [-0.15, -0.1) is 0 Å². The summed E-state index contributed by atoms with van der Waals surface area (Å²) >= 11 is 0. The van der Waals surface area contributed by atoms with Crippen LogP contribution in [0.3, 0.4) is 0 Å². The molecule has 19 heavy (non-hydrogen) atoms. The Morgan fingerprint density at radius 3 is 2.79 bits per heavy atom. The molecule has 0 unspecified atom stereocenters. The van der Waals surface area contributed by atoms with Crippen LogP contribution in [0.5, 0.6) is 0 Å². The standard InChI is InChI=1S/C14H23N3O2/c1-12-3-4-13(19-12)11-16(2)14(18)5-8-17-9-6-15-7-10-17/h3-4,15H,5-11H2,1-2H3. The van der Waals surface area contributed by atoms with E-state index >= 15 is 0 Å². The first kappa shape index (κ1) is 14.1. The maximum absolute atomic E-state index is 12.0. The third-order valence-corrected chi connectivity index (χ3v) is 3.47. The van der Waals surface area contributed by atoms with Crippen LogP contribution in [0.15, 0.2) is 16.5 Å². The third kappa shape index (κ3) is 4.36. The lowest BCUT2D eigenvalue weighted by molar-refractivity contribution is -0.131. The predicted octanol–water partition coefficient (Wildman–Crippen LogP) is 0.842. The van der Waals surface area contributed by atoms with E-state index < -0.39 is 0 Å². The SMILES string of the molecule is Cc1ccc(CN(C)C(=O)CCN2CCNCC2)o1. The summed E-state index contributed by atoms with van der Waals surface area (Å²) in [6, 6.07) is 3.85. The molecule has 1 amide bonds. The summed E-state index contributed by atoms with van der Waals surface area (Å²) in [5.74, 6) is 1.90. The zero-order chi connectivity index (χ0) is 13.7. The lowest BCUT2D eigenvalue weighted by Gasteiger charge is -2.27. The summed E-state index contributed by atoms with van der Waals surface area (Å²) in [5.41, 5.74) is 0. The van der Waals surface area contributed by atoms with E-state index in [0.717, 1.165) is 44.2 Å². The lowest BCUT2D eigenvalue weighted by Crippen LogP contribution is -2.44. The van der Waals surface area contributed by atoms with Gasteiger partial charge in [-0.2, -0.15) is 0 Å². The molecule has 1 fully saturated rings. The highest BCUT2D eigenvalue weighted by Crippen LogP contribution is 2.09. The number of furan rings is 1. The Morgan fingerprint density at radius 2 is 2.16 bits per heavy atom. The number of nitrogens with zero attached hydrogens (tertiary/aromatic N) is 2. The van der Waals surface area contributed by atoms with Gasteiger partial charge in [0.1, 0.15) is 11.5 Å². The van der Waals surface area contributed by atoms with Gasteiger partial charge in [-0.3, -0.25) is 4.79 Å². The maximum Gasteiger partial charge on any atom is 0.224 e. The van der Waals surface area contributed by atoms with Crippen molar-refractivity contribution in [1.82, 2.24) is 15.1 Å². The molecule has 0 atom stereocenters. The van der Waals surface area contributed by atoms with Crippen LogP contribution in [0.1, 0.15) is 17.9 Å². The zero-order valence-electron chi connectivity index (χ0n) is 11.8. The Bertz CT molecular complexity index is 411. The second-order valence-corrected chi connectivity index (χ2v) is 5.10. The maximum atomic E-state index is 12.0. The van der Waals surface area contributed by atoms with Gasteiger partial charge in [-0.1, -0.05) is 0 Å². The molecule has 5 heteroatoms. The summed E-state index contributed by atoms with van der Waals surface area (Å²) in [7, 11) is 1.83. The molecule has 1 aliphatic rings. The first-order valence-corrected chi connectivity index (χ1v) is 6.87. The minimum Gasteiger partial charge on any atom is -0.464 e. The third-order valence-electron chi connectivity index (χ3n) is 3.47. The van der Waals surface area contributed by atoms with Gasteiger partial charge in [0.05, 0.1) is 6.54 Å². The summed E-state index contributed by atoms with van der Waals surface area (Å²) in [6.45, 7) is 7.43. The van der Waals surface area contributed by atoms with E-state index in [1.807, 2.05) is 26.1 Å². The molecule has 1 aromatic heterocycles. The van der Waals surface area contributed by atoms with Crippen molar-refractivity contribution in [2.75, 3.05) is 39.8 Å². The van der Waals surface area contributed by atoms with Crippen LogP contribution in [0.4, 0.5) is 0 Å². The smallest absolute Gasteiger partial charge is 0.224 e. The van der Waals surface area contributed by atoms with E-state index in [-0.39, 0.29) is 5.91 Å². The number of nitrogens with one attached hydrogen (secondary N) is 1. The van der Waals surface area contributed by atoms with Crippen molar-refractivity contribution < 1.29 is 9.21 Å². The van der Waals surface area contributed by atoms with E-state index in [0.29, 0.717) is 13.0 Å². The number of piperazine rings is 1. The van der Waals surface area contributed by atoms with E-state index in [2.05, 4.69) is 10.2 Å². The molecule has 2 heterocycles. The topological polar surface area (TPSA) is 48.7 Å². The lowest BCUT2D eigenvalue weighted by atomic mass is 10.3. The van der Waals surface area contributed by atoms with E-state index in [9.17, 15) is 4.79 Å². The molecular formula is C14H23N3O2. The highest BCUT2D eigenvalue weighted by Gasteiger charge is 2.14. The van der Waals surface area contributed by atoms with Crippen molar-refractivity contribution in [3.63, 3.8) is 0 Å². The second-order valence-electron chi connectivity index (χ2n) is 5.10.